The molecule has 3 rings (SSSR count). The minimum Gasteiger partial charge on any atom is -0.316 e. The topological polar surface area (TPSA) is 15.3 Å². The fraction of sp³-hybridized carbons (Fsp3) is 1.00. The maximum atomic E-state index is 3.46. The summed E-state index contributed by atoms with van der Waals surface area (Å²) in [5, 5.41) is 3.46. The first-order valence-corrected chi connectivity index (χ1v) is 7.69. The summed E-state index contributed by atoms with van der Waals surface area (Å²) in [6.07, 6.45) is 8.84. The van der Waals surface area contributed by atoms with E-state index in [9.17, 15) is 0 Å². The van der Waals surface area contributed by atoms with Gasteiger partial charge in [0.1, 0.15) is 0 Å². The van der Waals surface area contributed by atoms with Gasteiger partial charge in [0, 0.05) is 19.6 Å². The van der Waals surface area contributed by atoms with Gasteiger partial charge in [0.25, 0.3) is 0 Å². The Morgan fingerprint density at radius 3 is 2.24 bits per heavy atom. The van der Waals surface area contributed by atoms with Crippen molar-refractivity contribution in [2.24, 2.45) is 17.3 Å². The van der Waals surface area contributed by atoms with Crippen LogP contribution in [0.5, 0.6) is 0 Å². The summed E-state index contributed by atoms with van der Waals surface area (Å²) in [6, 6.07) is 0. The zero-order valence-electron chi connectivity index (χ0n) is 11.4. The van der Waals surface area contributed by atoms with Crippen LogP contribution in [0.15, 0.2) is 0 Å². The van der Waals surface area contributed by atoms with Crippen LogP contribution in [0, 0.1) is 17.3 Å². The van der Waals surface area contributed by atoms with E-state index in [2.05, 4.69) is 17.1 Å². The van der Waals surface area contributed by atoms with Crippen LogP contribution >= 0.6 is 0 Å². The second-order valence-electron chi connectivity index (χ2n) is 7.03. The van der Waals surface area contributed by atoms with E-state index in [-0.39, 0.29) is 0 Å². The Morgan fingerprint density at radius 2 is 1.71 bits per heavy atom. The Labute approximate surface area is 106 Å². The SMILES string of the molecule is CC1CCN(CC2CCC3(CC2)CNC3)CC1. The summed E-state index contributed by atoms with van der Waals surface area (Å²) in [5.41, 5.74) is 0.743. The van der Waals surface area contributed by atoms with E-state index in [1.165, 1.54) is 71.2 Å². The van der Waals surface area contributed by atoms with E-state index in [1.807, 2.05) is 0 Å². The van der Waals surface area contributed by atoms with E-state index < -0.39 is 0 Å². The molecule has 0 amide bonds. The zero-order chi connectivity index (χ0) is 11.7. The molecule has 2 aliphatic heterocycles. The van der Waals surface area contributed by atoms with Gasteiger partial charge in [-0.1, -0.05) is 6.92 Å². The Morgan fingerprint density at radius 1 is 1.06 bits per heavy atom. The highest BCUT2D eigenvalue weighted by molar-refractivity contribution is 4.96. The second-order valence-corrected chi connectivity index (χ2v) is 7.03. The van der Waals surface area contributed by atoms with Crippen molar-refractivity contribution in [1.82, 2.24) is 10.2 Å². The standard InChI is InChI=1S/C15H28N2/c1-13-4-8-17(9-5-13)10-14-2-6-15(7-3-14)11-16-12-15/h13-14,16H,2-12H2,1H3. The van der Waals surface area contributed by atoms with Crippen molar-refractivity contribution >= 4 is 0 Å². The number of nitrogens with zero attached hydrogens (tertiary/aromatic N) is 1. The monoisotopic (exact) mass is 236 g/mol. The summed E-state index contributed by atoms with van der Waals surface area (Å²) < 4.78 is 0. The van der Waals surface area contributed by atoms with Crippen molar-refractivity contribution in [2.45, 2.75) is 45.4 Å². The largest absolute Gasteiger partial charge is 0.316 e. The lowest BCUT2D eigenvalue weighted by Crippen LogP contribution is -2.55. The Balaban J connectivity index is 1.41. The van der Waals surface area contributed by atoms with Gasteiger partial charge in [0.05, 0.1) is 0 Å². The molecule has 2 nitrogen and oxygen atoms in total. The van der Waals surface area contributed by atoms with Crippen LogP contribution in [0.25, 0.3) is 0 Å². The normalized spacial score (nSPS) is 31.6. The maximum absolute atomic E-state index is 3.46. The first-order chi connectivity index (χ1) is 8.26. The van der Waals surface area contributed by atoms with Crippen molar-refractivity contribution in [2.75, 3.05) is 32.7 Å². The minimum absolute atomic E-state index is 0.743. The van der Waals surface area contributed by atoms with E-state index in [1.54, 1.807) is 0 Å². The van der Waals surface area contributed by atoms with Crippen molar-refractivity contribution in [3.05, 3.63) is 0 Å². The van der Waals surface area contributed by atoms with E-state index in [0.717, 1.165) is 17.3 Å². The van der Waals surface area contributed by atoms with Crippen LogP contribution in [-0.2, 0) is 0 Å². The predicted molar refractivity (Wildman–Crippen MR) is 72.1 cm³/mol. The molecular weight excluding hydrogens is 208 g/mol. The highest BCUT2D eigenvalue weighted by Gasteiger charge is 2.40. The van der Waals surface area contributed by atoms with Gasteiger partial charge >= 0.3 is 0 Å². The summed E-state index contributed by atoms with van der Waals surface area (Å²) in [6.45, 7) is 9.15. The minimum atomic E-state index is 0.743. The first-order valence-electron chi connectivity index (χ1n) is 7.69. The summed E-state index contributed by atoms with van der Waals surface area (Å²) in [4.78, 5) is 2.74. The van der Waals surface area contributed by atoms with Crippen LogP contribution in [-0.4, -0.2) is 37.6 Å². The molecule has 2 saturated heterocycles. The van der Waals surface area contributed by atoms with Crippen molar-refractivity contribution in [3.8, 4) is 0 Å². The van der Waals surface area contributed by atoms with E-state index in [4.69, 9.17) is 0 Å². The summed E-state index contributed by atoms with van der Waals surface area (Å²) in [5.74, 6) is 1.98. The van der Waals surface area contributed by atoms with Crippen molar-refractivity contribution in [1.29, 1.82) is 0 Å². The van der Waals surface area contributed by atoms with Gasteiger partial charge in [-0.3, -0.25) is 0 Å². The Kier molecular flexibility index (Phi) is 3.45. The third-order valence-electron chi connectivity index (χ3n) is 5.56. The van der Waals surface area contributed by atoms with Crippen LogP contribution < -0.4 is 5.32 Å². The van der Waals surface area contributed by atoms with Crippen molar-refractivity contribution in [3.63, 3.8) is 0 Å². The van der Waals surface area contributed by atoms with Crippen LogP contribution in [0.4, 0.5) is 0 Å². The Bertz CT molecular complexity index is 242. The molecule has 1 saturated carbocycles. The zero-order valence-corrected chi connectivity index (χ0v) is 11.4. The molecule has 2 heteroatoms. The summed E-state index contributed by atoms with van der Waals surface area (Å²) in [7, 11) is 0. The number of hydrogen-bond acceptors (Lipinski definition) is 2. The summed E-state index contributed by atoms with van der Waals surface area (Å²) >= 11 is 0. The van der Waals surface area contributed by atoms with Crippen LogP contribution in [0.2, 0.25) is 0 Å². The van der Waals surface area contributed by atoms with Gasteiger partial charge in [-0.05, 0) is 68.9 Å². The first kappa shape index (κ1) is 12.0. The highest BCUT2D eigenvalue weighted by Crippen LogP contribution is 2.41. The molecule has 1 spiro atoms. The fourth-order valence-corrected chi connectivity index (χ4v) is 3.91. The molecule has 2 heterocycles. The third-order valence-corrected chi connectivity index (χ3v) is 5.56. The molecule has 17 heavy (non-hydrogen) atoms. The van der Waals surface area contributed by atoms with Gasteiger partial charge in [0.2, 0.25) is 0 Å². The second kappa shape index (κ2) is 4.89. The molecular formula is C15H28N2. The number of piperidine rings is 1. The fourth-order valence-electron chi connectivity index (χ4n) is 3.91. The molecule has 0 unspecified atom stereocenters. The lowest BCUT2D eigenvalue weighted by molar-refractivity contribution is 0.0625. The molecule has 0 aromatic carbocycles. The quantitative estimate of drug-likeness (QED) is 0.792. The molecule has 3 aliphatic rings. The van der Waals surface area contributed by atoms with Gasteiger partial charge in [0.15, 0.2) is 0 Å². The maximum Gasteiger partial charge on any atom is 0.00202 e. The third kappa shape index (κ3) is 2.68. The van der Waals surface area contributed by atoms with Gasteiger partial charge in [-0.25, -0.2) is 0 Å². The molecule has 0 aromatic heterocycles. The van der Waals surface area contributed by atoms with Crippen LogP contribution in [0.3, 0.4) is 0 Å². The molecule has 0 aromatic rings. The van der Waals surface area contributed by atoms with Gasteiger partial charge < -0.3 is 10.2 Å². The van der Waals surface area contributed by atoms with Gasteiger partial charge in [-0.2, -0.15) is 0 Å². The molecule has 1 aliphatic carbocycles. The molecule has 98 valence electrons. The highest BCUT2D eigenvalue weighted by atomic mass is 15.1. The lowest BCUT2D eigenvalue weighted by Gasteiger charge is -2.48. The average Bonchev–Trinajstić information content (AvgIpc) is 2.31. The smallest absolute Gasteiger partial charge is 0.00202 e. The van der Waals surface area contributed by atoms with E-state index >= 15 is 0 Å². The van der Waals surface area contributed by atoms with E-state index in [0.29, 0.717) is 0 Å². The molecule has 3 fully saturated rings. The molecule has 0 bridgehead atoms. The van der Waals surface area contributed by atoms with Crippen LogP contribution in [0.1, 0.15) is 45.4 Å². The number of rotatable bonds is 2. The number of likely N-dealkylation sites (tertiary alicyclic amines) is 1. The number of hydrogen-bond donors (Lipinski definition) is 1. The average molecular weight is 236 g/mol. The molecule has 0 radical (unpaired) electrons. The molecule has 1 N–H and O–H groups in total. The Hall–Kier alpha value is -0.0800. The van der Waals surface area contributed by atoms with Crippen molar-refractivity contribution < 1.29 is 0 Å². The lowest BCUT2D eigenvalue weighted by atomic mass is 9.67. The predicted octanol–water partition coefficient (Wildman–Crippen LogP) is 2.50. The number of nitrogens with one attached hydrogen (secondary N) is 1. The molecule has 0 atom stereocenters. The van der Waals surface area contributed by atoms with Gasteiger partial charge in [-0.15, -0.1) is 0 Å².